The van der Waals surface area contributed by atoms with Crippen molar-refractivity contribution < 1.29 is 9.53 Å². The second-order valence-corrected chi connectivity index (χ2v) is 6.41. The van der Waals surface area contributed by atoms with Crippen LogP contribution in [0.1, 0.15) is 37.7 Å². The molecule has 0 spiro atoms. The fraction of sp³-hybridized carbons (Fsp3) is 0.588. The third kappa shape index (κ3) is 3.38. The highest BCUT2D eigenvalue weighted by molar-refractivity contribution is 5.91. The molecule has 0 radical (unpaired) electrons. The van der Waals surface area contributed by atoms with Crippen molar-refractivity contribution in [2.45, 2.75) is 51.1 Å². The second-order valence-electron chi connectivity index (χ2n) is 6.41. The molecular weight excluding hydrogens is 264 g/mol. The highest BCUT2D eigenvalue weighted by Crippen LogP contribution is 2.33. The first-order valence-corrected chi connectivity index (χ1v) is 7.84. The van der Waals surface area contributed by atoms with Gasteiger partial charge in [0.2, 0.25) is 5.91 Å². The molecule has 21 heavy (non-hydrogen) atoms. The van der Waals surface area contributed by atoms with E-state index >= 15 is 0 Å². The zero-order valence-electron chi connectivity index (χ0n) is 12.8. The van der Waals surface area contributed by atoms with E-state index in [4.69, 9.17) is 4.74 Å². The zero-order valence-corrected chi connectivity index (χ0v) is 12.8. The van der Waals surface area contributed by atoms with Gasteiger partial charge < -0.3 is 15.4 Å². The van der Waals surface area contributed by atoms with Gasteiger partial charge in [-0.05, 0) is 62.3 Å². The van der Waals surface area contributed by atoms with E-state index in [1.54, 1.807) is 7.11 Å². The minimum absolute atomic E-state index is 0.134. The Morgan fingerprint density at radius 3 is 2.67 bits per heavy atom. The number of aryl methyl sites for hydroxylation is 1. The van der Waals surface area contributed by atoms with Crippen LogP contribution in [0.25, 0.3) is 0 Å². The number of amides is 1. The molecular formula is C17H24N2O2. The summed E-state index contributed by atoms with van der Waals surface area (Å²) in [7, 11) is 1.65. The molecule has 1 aromatic carbocycles. The number of methoxy groups -OCH3 is 1. The molecule has 0 saturated carbocycles. The van der Waals surface area contributed by atoms with Crippen molar-refractivity contribution in [3.8, 4) is 5.75 Å². The van der Waals surface area contributed by atoms with Crippen LogP contribution < -0.4 is 15.4 Å². The predicted octanol–water partition coefficient (Wildman–Crippen LogP) is 2.86. The number of hydrogen-bond acceptors (Lipinski definition) is 3. The number of benzene rings is 1. The fourth-order valence-electron chi connectivity index (χ4n) is 3.71. The van der Waals surface area contributed by atoms with Crippen LogP contribution in [0, 0.1) is 12.8 Å². The molecule has 2 bridgehead atoms. The van der Waals surface area contributed by atoms with E-state index < -0.39 is 0 Å². The number of hydrogen-bond donors (Lipinski definition) is 2. The number of rotatable bonds is 4. The van der Waals surface area contributed by atoms with Gasteiger partial charge in [0.05, 0.1) is 7.11 Å². The summed E-state index contributed by atoms with van der Waals surface area (Å²) in [5.74, 6) is 1.48. The lowest BCUT2D eigenvalue weighted by atomic mass is 9.89. The average molecular weight is 288 g/mol. The number of nitrogens with one attached hydrogen (secondary N) is 2. The summed E-state index contributed by atoms with van der Waals surface area (Å²) in [6.07, 6.45) is 5.48. The Morgan fingerprint density at radius 1 is 1.33 bits per heavy atom. The van der Waals surface area contributed by atoms with Crippen molar-refractivity contribution in [1.82, 2.24) is 5.32 Å². The number of carbonyl (C=O) groups is 1. The summed E-state index contributed by atoms with van der Waals surface area (Å²) in [5, 5.41) is 6.66. The lowest BCUT2D eigenvalue weighted by Gasteiger charge is -2.28. The fourth-order valence-corrected chi connectivity index (χ4v) is 3.71. The molecule has 2 saturated heterocycles. The van der Waals surface area contributed by atoms with E-state index in [1.807, 2.05) is 25.1 Å². The van der Waals surface area contributed by atoms with E-state index in [-0.39, 0.29) is 5.91 Å². The first kappa shape index (κ1) is 14.4. The molecule has 4 nitrogen and oxygen atoms in total. The molecule has 1 amide bonds. The van der Waals surface area contributed by atoms with Gasteiger partial charge in [0.15, 0.2) is 0 Å². The van der Waals surface area contributed by atoms with Crippen LogP contribution in [-0.4, -0.2) is 25.1 Å². The summed E-state index contributed by atoms with van der Waals surface area (Å²) in [6, 6.07) is 7.03. The number of ether oxygens (including phenoxy) is 1. The quantitative estimate of drug-likeness (QED) is 0.895. The molecule has 2 N–H and O–H groups in total. The van der Waals surface area contributed by atoms with Crippen LogP contribution in [0.4, 0.5) is 5.69 Å². The Kier molecular flexibility index (Phi) is 4.15. The Balaban J connectivity index is 1.56. The largest absolute Gasteiger partial charge is 0.497 e. The van der Waals surface area contributed by atoms with E-state index in [2.05, 4.69) is 10.6 Å². The van der Waals surface area contributed by atoms with Crippen LogP contribution in [0.5, 0.6) is 5.75 Å². The molecule has 1 aromatic rings. The molecule has 2 atom stereocenters. The lowest BCUT2D eigenvalue weighted by molar-refractivity contribution is -0.117. The summed E-state index contributed by atoms with van der Waals surface area (Å²) < 4.78 is 5.19. The van der Waals surface area contributed by atoms with Crippen LogP contribution in [-0.2, 0) is 4.79 Å². The van der Waals surface area contributed by atoms with Crippen LogP contribution in [0.3, 0.4) is 0 Å². The second kappa shape index (κ2) is 6.06. The molecule has 114 valence electrons. The summed E-state index contributed by atoms with van der Waals surface area (Å²) >= 11 is 0. The maximum atomic E-state index is 12.3. The standard InChI is InChI=1S/C17H24N2O2/c1-11-7-15(21-2)5-6-16(11)19-17(20)10-12-8-13-3-4-14(9-12)18-13/h5-7,12-14,18H,3-4,8-10H2,1-2H3,(H,19,20). The van der Waals surface area contributed by atoms with Gasteiger partial charge in [0.1, 0.15) is 5.75 Å². The molecule has 2 aliphatic rings. The topological polar surface area (TPSA) is 50.4 Å². The van der Waals surface area contributed by atoms with Gasteiger partial charge in [-0.3, -0.25) is 4.79 Å². The van der Waals surface area contributed by atoms with Crippen molar-refractivity contribution in [3.05, 3.63) is 23.8 Å². The Hall–Kier alpha value is -1.55. The van der Waals surface area contributed by atoms with Gasteiger partial charge in [0, 0.05) is 24.2 Å². The average Bonchev–Trinajstić information content (AvgIpc) is 2.80. The highest BCUT2D eigenvalue weighted by atomic mass is 16.5. The molecule has 2 aliphatic heterocycles. The number of fused-ring (bicyclic) bond motifs is 2. The number of anilines is 1. The van der Waals surface area contributed by atoms with Gasteiger partial charge in [-0.15, -0.1) is 0 Å². The van der Waals surface area contributed by atoms with Crippen molar-refractivity contribution in [3.63, 3.8) is 0 Å². The van der Waals surface area contributed by atoms with Gasteiger partial charge in [-0.25, -0.2) is 0 Å². The summed E-state index contributed by atoms with van der Waals surface area (Å²) in [6.45, 7) is 1.99. The van der Waals surface area contributed by atoms with Gasteiger partial charge in [-0.2, -0.15) is 0 Å². The lowest BCUT2D eigenvalue weighted by Crippen LogP contribution is -2.39. The third-order valence-electron chi connectivity index (χ3n) is 4.75. The smallest absolute Gasteiger partial charge is 0.224 e. The molecule has 0 aromatic heterocycles. The highest BCUT2D eigenvalue weighted by Gasteiger charge is 2.34. The molecule has 2 unspecified atom stereocenters. The minimum Gasteiger partial charge on any atom is -0.497 e. The Labute approximate surface area is 126 Å². The first-order valence-electron chi connectivity index (χ1n) is 7.84. The van der Waals surface area contributed by atoms with E-state index in [1.165, 1.54) is 12.8 Å². The molecule has 0 aliphatic carbocycles. The zero-order chi connectivity index (χ0) is 14.8. The van der Waals surface area contributed by atoms with Crippen molar-refractivity contribution in [2.75, 3.05) is 12.4 Å². The molecule has 2 heterocycles. The van der Waals surface area contributed by atoms with Crippen molar-refractivity contribution in [1.29, 1.82) is 0 Å². The maximum absolute atomic E-state index is 12.3. The van der Waals surface area contributed by atoms with Crippen molar-refractivity contribution >= 4 is 11.6 Å². The van der Waals surface area contributed by atoms with Crippen LogP contribution >= 0.6 is 0 Å². The normalized spacial score (nSPS) is 27.4. The predicted molar refractivity (Wildman–Crippen MR) is 83.6 cm³/mol. The minimum atomic E-state index is 0.134. The number of carbonyl (C=O) groups excluding carboxylic acids is 1. The van der Waals surface area contributed by atoms with E-state index in [9.17, 15) is 4.79 Å². The van der Waals surface area contributed by atoms with Crippen LogP contribution in [0.15, 0.2) is 18.2 Å². The molecule has 4 heteroatoms. The Morgan fingerprint density at radius 2 is 2.05 bits per heavy atom. The monoisotopic (exact) mass is 288 g/mol. The molecule has 3 rings (SSSR count). The van der Waals surface area contributed by atoms with E-state index in [0.717, 1.165) is 29.8 Å². The summed E-state index contributed by atoms with van der Waals surface area (Å²) in [4.78, 5) is 12.3. The van der Waals surface area contributed by atoms with E-state index in [0.29, 0.717) is 24.4 Å². The number of piperidine rings is 1. The van der Waals surface area contributed by atoms with Gasteiger partial charge in [0.25, 0.3) is 0 Å². The maximum Gasteiger partial charge on any atom is 0.224 e. The first-order chi connectivity index (χ1) is 10.1. The Bertz CT molecular complexity index is 518. The van der Waals surface area contributed by atoms with Gasteiger partial charge >= 0.3 is 0 Å². The van der Waals surface area contributed by atoms with Crippen molar-refractivity contribution in [2.24, 2.45) is 5.92 Å². The van der Waals surface area contributed by atoms with Crippen LogP contribution in [0.2, 0.25) is 0 Å². The molecule has 2 fully saturated rings. The SMILES string of the molecule is COc1ccc(NC(=O)CC2CC3CCC(C2)N3)c(C)c1. The third-order valence-corrected chi connectivity index (χ3v) is 4.75. The van der Waals surface area contributed by atoms with Gasteiger partial charge in [-0.1, -0.05) is 0 Å². The summed E-state index contributed by atoms with van der Waals surface area (Å²) in [5.41, 5.74) is 1.92.